The Balaban J connectivity index is 1.70. The van der Waals surface area contributed by atoms with Crippen LogP contribution in [0.5, 0.6) is 0 Å². The number of nitrogens with zero attached hydrogens (tertiary/aromatic N) is 5. The SMILES string of the molecule is CC(C)(C)OC(=O)NCc1nccc(-c2cccc(-c3ccnc(CNC(=O)OC(C)(C)C)n3)n2)n1. The monoisotopic (exact) mass is 493 g/mol. The highest BCUT2D eigenvalue weighted by Crippen LogP contribution is 2.20. The Morgan fingerprint density at radius 2 is 1.06 bits per heavy atom. The molecule has 0 spiro atoms. The first-order valence-electron chi connectivity index (χ1n) is 11.4. The van der Waals surface area contributed by atoms with Gasteiger partial charge in [-0.3, -0.25) is 0 Å². The molecule has 3 aromatic rings. The summed E-state index contributed by atoms with van der Waals surface area (Å²) in [7, 11) is 0. The first-order chi connectivity index (χ1) is 16.9. The Morgan fingerprint density at radius 3 is 1.44 bits per heavy atom. The van der Waals surface area contributed by atoms with Gasteiger partial charge in [-0.15, -0.1) is 0 Å². The summed E-state index contributed by atoms with van der Waals surface area (Å²) in [6.07, 6.45) is 2.12. The Kier molecular flexibility index (Phi) is 8.13. The van der Waals surface area contributed by atoms with Crippen molar-refractivity contribution in [2.45, 2.75) is 65.8 Å². The van der Waals surface area contributed by atoms with Gasteiger partial charge in [0.25, 0.3) is 0 Å². The first-order valence-corrected chi connectivity index (χ1v) is 11.4. The van der Waals surface area contributed by atoms with Gasteiger partial charge in [-0.25, -0.2) is 34.5 Å². The lowest BCUT2D eigenvalue weighted by molar-refractivity contribution is 0.0511. The number of hydrogen-bond acceptors (Lipinski definition) is 9. The van der Waals surface area contributed by atoms with Crippen molar-refractivity contribution in [1.82, 2.24) is 35.6 Å². The van der Waals surface area contributed by atoms with Crippen LogP contribution in [0.3, 0.4) is 0 Å². The van der Waals surface area contributed by atoms with Gasteiger partial charge in [-0.05, 0) is 65.8 Å². The Morgan fingerprint density at radius 1 is 0.667 bits per heavy atom. The molecule has 0 saturated heterocycles. The number of amides is 2. The maximum absolute atomic E-state index is 11.9. The fraction of sp³-hybridized carbons (Fsp3) is 0.400. The second-order valence-electron chi connectivity index (χ2n) is 9.84. The molecule has 2 N–H and O–H groups in total. The van der Waals surface area contributed by atoms with Crippen molar-refractivity contribution in [3.05, 3.63) is 54.4 Å². The van der Waals surface area contributed by atoms with E-state index in [1.807, 2.05) is 18.2 Å². The molecule has 2 amide bonds. The summed E-state index contributed by atoms with van der Waals surface area (Å²) in [4.78, 5) is 45.9. The van der Waals surface area contributed by atoms with Crippen molar-refractivity contribution in [2.75, 3.05) is 0 Å². The van der Waals surface area contributed by atoms with E-state index >= 15 is 0 Å². The summed E-state index contributed by atoms with van der Waals surface area (Å²) in [5, 5.41) is 5.29. The van der Waals surface area contributed by atoms with Crippen LogP contribution in [0.1, 0.15) is 53.2 Å². The predicted molar refractivity (Wildman–Crippen MR) is 132 cm³/mol. The molecule has 0 saturated carbocycles. The number of alkyl carbamates (subject to hydrolysis) is 2. The third-order valence-electron chi connectivity index (χ3n) is 4.26. The Bertz CT molecular complexity index is 1130. The molecule has 0 atom stereocenters. The van der Waals surface area contributed by atoms with Crippen molar-refractivity contribution in [3.8, 4) is 22.8 Å². The fourth-order valence-electron chi connectivity index (χ4n) is 2.90. The summed E-state index contributed by atoms with van der Waals surface area (Å²) in [5.41, 5.74) is 1.22. The van der Waals surface area contributed by atoms with E-state index in [4.69, 9.17) is 9.47 Å². The lowest BCUT2D eigenvalue weighted by Gasteiger charge is -2.19. The van der Waals surface area contributed by atoms with Crippen LogP contribution in [0.25, 0.3) is 22.8 Å². The van der Waals surface area contributed by atoms with E-state index in [-0.39, 0.29) is 13.1 Å². The summed E-state index contributed by atoms with van der Waals surface area (Å²) in [6.45, 7) is 11.0. The van der Waals surface area contributed by atoms with Crippen molar-refractivity contribution in [2.24, 2.45) is 0 Å². The zero-order valence-corrected chi connectivity index (χ0v) is 21.3. The molecule has 36 heavy (non-hydrogen) atoms. The van der Waals surface area contributed by atoms with Crippen LogP contribution in [-0.4, -0.2) is 48.3 Å². The highest BCUT2D eigenvalue weighted by atomic mass is 16.6. The van der Waals surface area contributed by atoms with Gasteiger partial charge in [0.2, 0.25) is 0 Å². The molecule has 0 aliphatic heterocycles. The van der Waals surface area contributed by atoms with E-state index in [9.17, 15) is 9.59 Å². The zero-order chi connectivity index (χ0) is 26.3. The molecule has 3 rings (SSSR count). The summed E-state index contributed by atoms with van der Waals surface area (Å²) >= 11 is 0. The number of pyridine rings is 1. The van der Waals surface area contributed by atoms with Crippen molar-refractivity contribution in [1.29, 1.82) is 0 Å². The molecule has 0 aliphatic rings. The molecule has 190 valence electrons. The lowest BCUT2D eigenvalue weighted by atomic mass is 10.2. The van der Waals surface area contributed by atoms with Gasteiger partial charge < -0.3 is 20.1 Å². The molecular weight excluding hydrogens is 462 g/mol. The Hall–Kier alpha value is -4.15. The molecule has 0 unspecified atom stereocenters. The van der Waals surface area contributed by atoms with Gasteiger partial charge >= 0.3 is 12.2 Å². The molecule has 0 aliphatic carbocycles. The summed E-state index contributed by atoms with van der Waals surface area (Å²) in [5.74, 6) is 0.839. The van der Waals surface area contributed by atoms with Gasteiger partial charge in [0.05, 0.1) is 35.9 Å². The minimum Gasteiger partial charge on any atom is -0.444 e. The number of ether oxygens (including phenoxy) is 2. The second kappa shape index (κ2) is 11.1. The molecule has 0 bridgehead atoms. The fourth-order valence-corrected chi connectivity index (χ4v) is 2.90. The molecular formula is C25H31N7O4. The zero-order valence-electron chi connectivity index (χ0n) is 21.3. The van der Waals surface area contributed by atoms with Crippen molar-refractivity contribution >= 4 is 12.2 Å². The molecule has 0 radical (unpaired) electrons. The highest BCUT2D eigenvalue weighted by molar-refractivity contribution is 5.68. The standard InChI is InChI=1S/C25H31N7O4/c1-24(2,3)35-22(33)28-14-20-26-12-10-18(31-20)16-8-7-9-17(30-16)19-11-13-27-21(32-19)15-29-23(34)36-25(4,5)6/h7-13H,14-15H2,1-6H3,(H,28,33)(H,29,34). The van der Waals surface area contributed by atoms with Crippen molar-refractivity contribution < 1.29 is 19.1 Å². The average Bonchev–Trinajstić information content (AvgIpc) is 2.80. The number of nitrogens with one attached hydrogen (secondary N) is 2. The quantitative estimate of drug-likeness (QED) is 0.520. The van der Waals surface area contributed by atoms with Crippen molar-refractivity contribution in [3.63, 3.8) is 0 Å². The smallest absolute Gasteiger partial charge is 0.408 e. The van der Waals surface area contributed by atoms with Crippen LogP contribution < -0.4 is 10.6 Å². The van der Waals surface area contributed by atoms with Gasteiger partial charge in [0.15, 0.2) is 0 Å². The average molecular weight is 494 g/mol. The maximum atomic E-state index is 11.9. The van der Waals surface area contributed by atoms with Crippen LogP contribution in [0.2, 0.25) is 0 Å². The highest BCUT2D eigenvalue weighted by Gasteiger charge is 2.17. The molecule has 11 heteroatoms. The van der Waals surface area contributed by atoms with E-state index in [2.05, 4.69) is 35.6 Å². The number of rotatable bonds is 6. The first kappa shape index (κ1) is 26.5. The molecule has 11 nitrogen and oxygen atoms in total. The minimum absolute atomic E-state index is 0.113. The largest absolute Gasteiger partial charge is 0.444 e. The van der Waals surface area contributed by atoms with E-state index in [1.165, 1.54) is 0 Å². The van der Waals surface area contributed by atoms with Gasteiger partial charge in [0.1, 0.15) is 22.9 Å². The van der Waals surface area contributed by atoms with E-state index < -0.39 is 23.4 Å². The lowest BCUT2D eigenvalue weighted by Crippen LogP contribution is -2.32. The van der Waals surface area contributed by atoms with Gasteiger partial charge in [-0.2, -0.15) is 0 Å². The van der Waals surface area contributed by atoms with Crippen LogP contribution in [0.15, 0.2) is 42.7 Å². The number of carbonyl (C=O) groups excluding carboxylic acids is 2. The third-order valence-corrected chi connectivity index (χ3v) is 4.26. The minimum atomic E-state index is -0.593. The number of hydrogen-bond donors (Lipinski definition) is 2. The summed E-state index contributed by atoms with van der Waals surface area (Å²) < 4.78 is 10.5. The number of aromatic nitrogens is 5. The van der Waals surface area contributed by atoms with Crippen LogP contribution in [0, 0.1) is 0 Å². The van der Waals surface area contributed by atoms with Crippen LogP contribution in [-0.2, 0) is 22.6 Å². The van der Waals surface area contributed by atoms with Gasteiger partial charge in [-0.1, -0.05) is 6.07 Å². The van der Waals surface area contributed by atoms with Crippen LogP contribution in [0.4, 0.5) is 9.59 Å². The third kappa shape index (κ3) is 8.57. The number of carbonyl (C=O) groups is 2. The molecule has 3 aromatic heterocycles. The normalized spacial score (nSPS) is 11.5. The van der Waals surface area contributed by atoms with E-state index in [1.54, 1.807) is 66.1 Å². The second-order valence-corrected chi connectivity index (χ2v) is 9.84. The maximum Gasteiger partial charge on any atom is 0.408 e. The molecule has 0 fully saturated rings. The van der Waals surface area contributed by atoms with Crippen LogP contribution >= 0.6 is 0 Å². The topological polar surface area (TPSA) is 141 Å². The molecule has 0 aromatic carbocycles. The van der Waals surface area contributed by atoms with Gasteiger partial charge in [0, 0.05) is 12.4 Å². The summed E-state index contributed by atoms with van der Waals surface area (Å²) in [6, 6.07) is 8.96. The molecule has 3 heterocycles. The Labute approximate surface area is 210 Å². The van der Waals surface area contributed by atoms with E-state index in [0.717, 1.165) is 0 Å². The predicted octanol–water partition coefficient (Wildman–Crippen LogP) is 4.05. The van der Waals surface area contributed by atoms with E-state index in [0.29, 0.717) is 34.4 Å².